The van der Waals surface area contributed by atoms with Crippen LogP contribution < -0.4 is 14.2 Å². The van der Waals surface area contributed by atoms with Gasteiger partial charge in [-0.1, -0.05) is 12.1 Å². The Labute approximate surface area is 193 Å². The van der Waals surface area contributed by atoms with Crippen LogP contribution in [0.25, 0.3) is 5.57 Å². The third-order valence-corrected chi connectivity index (χ3v) is 5.98. The standard InChI is InChI=1S/C25H29N3O5/c1-26-12-14-27(15-13-26)23-22(18-4-6-19(31-2)7-5-18)24(29)28(25(23)30)16-17-33-21-10-8-20(32-3)9-11-21/h4-11H,12-17H2,1-3H3. The van der Waals surface area contributed by atoms with Crippen molar-refractivity contribution < 1.29 is 23.8 Å². The summed E-state index contributed by atoms with van der Waals surface area (Å²) >= 11 is 0. The zero-order valence-electron chi connectivity index (χ0n) is 19.2. The van der Waals surface area contributed by atoms with Gasteiger partial charge in [0.1, 0.15) is 29.6 Å². The number of hydrogen-bond acceptors (Lipinski definition) is 7. The van der Waals surface area contributed by atoms with Crippen molar-refractivity contribution in [2.24, 2.45) is 0 Å². The van der Waals surface area contributed by atoms with E-state index in [0.717, 1.165) is 18.8 Å². The summed E-state index contributed by atoms with van der Waals surface area (Å²) in [6, 6.07) is 14.5. The maximum Gasteiger partial charge on any atom is 0.277 e. The lowest BCUT2D eigenvalue weighted by molar-refractivity contribution is -0.138. The zero-order chi connectivity index (χ0) is 23.4. The number of benzene rings is 2. The predicted octanol–water partition coefficient (Wildman–Crippen LogP) is 2.11. The summed E-state index contributed by atoms with van der Waals surface area (Å²) in [5, 5.41) is 0. The summed E-state index contributed by atoms with van der Waals surface area (Å²) in [5.41, 5.74) is 1.63. The van der Waals surface area contributed by atoms with Gasteiger partial charge in [-0.05, 0) is 49.0 Å². The number of hydrogen-bond donors (Lipinski definition) is 0. The highest BCUT2D eigenvalue weighted by molar-refractivity contribution is 6.35. The Bertz CT molecular complexity index is 1030. The van der Waals surface area contributed by atoms with E-state index >= 15 is 0 Å². The number of likely N-dealkylation sites (N-methyl/N-ethyl adjacent to an activating group) is 1. The van der Waals surface area contributed by atoms with Crippen LogP contribution in [0.2, 0.25) is 0 Å². The summed E-state index contributed by atoms with van der Waals surface area (Å²) in [4.78, 5) is 32.4. The first-order chi connectivity index (χ1) is 16.0. The second kappa shape index (κ2) is 9.95. The van der Waals surface area contributed by atoms with Crippen molar-refractivity contribution in [3.8, 4) is 17.2 Å². The number of ether oxygens (including phenoxy) is 3. The lowest BCUT2D eigenvalue weighted by Gasteiger charge is -2.34. The van der Waals surface area contributed by atoms with Gasteiger partial charge in [0.05, 0.1) is 26.3 Å². The highest BCUT2D eigenvalue weighted by Crippen LogP contribution is 2.33. The number of piperazine rings is 1. The van der Waals surface area contributed by atoms with Gasteiger partial charge in [0.25, 0.3) is 11.8 Å². The van der Waals surface area contributed by atoms with Crippen molar-refractivity contribution >= 4 is 17.4 Å². The molecule has 2 aromatic rings. The van der Waals surface area contributed by atoms with Gasteiger partial charge < -0.3 is 24.0 Å². The molecule has 0 saturated carbocycles. The molecule has 1 fully saturated rings. The third kappa shape index (κ3) is 4.80. The molecule has 0 spiro atoms. The molecule has 0 aliphatic carbocycles. The molecule has 33 heavy (non-hydrogen) atoms. The first-order valence-electron chi connectivity index (χ1n) is 11.0. The average molecular weight is 452 g/mol. The minimum atomic E-state index is -0.294. The first-order valence-corrected chi connectivity index (χ1v) is 11.0. The second-order valence-corrected chi connectivity index (χ2v) is 8.03. The van der Waals surface area contributed by atoms with E-state index in [-0.39, 0.29) is 25.0 Å². The molecule has 4 rings (SSSR count). The molecule has 2 aliphatic heterocycles. The largest absolute Gasteiger partial charge is 0.497 e. The van der Waals surface area contributed by atoms with Gasteiger partial charge in [-0.3, -0.25) is 14.5 Å². The molecule has 2 aliphatic rings. The van der Waals surface area contributed by atoms with Crippen LogP contribution in [0.5, 0.6) is 17.2 Å². The fraction of sp³-hybridized carbons (Fsp3) is 0.360. The van der Waals surface area contributed by atoms with Gasteiger partial charge in [-0.25, -0.2) is 0 Å². The maximum absolute atomic E-state index is 13.4. The van der Waals surface area contributed by atoms with E-state index in [2.05, 4.69) is 11.9 Å². The smallest absolute Gasteiger partial charge is 0.277 e. The molecule has 8 heteroatoms. The molecule has 8 nitrogen and oxygen atoms in total. The quantitative estimate of drug-likeness (QED) is 0.570. The van der Waals surface area contributed by atoms with Crippen molar-refractivity contribution in [2.45, 2.75) is 0 Å². The number of rotatable bonds is 8. The molecule has 0 aromatic heterocycles. The molecule has 174 valence electrons. The van der Waals surface area contributed by atoms with Gasteiger partial charge in [0, 0.05) is 26.2 Å². The van der Waals surface area contributed by atoms with Crippen LogP contribution in [0.3, 0.4) is 0 Å². The molecule has 1 saturated heterocycles. The highest BCUT2D eigenvalue weighted by Gasteiger charge is 2.41. The van der Waals surface area contributed by atoms with Crippen molar-refractivity contribution in [2.75, 3.05) is 60.6 Å². The third-order valence-electron chi connectivity index (χ3n) is 5.98. The Hall–Kier alpha value is -3.52. The Balaban J connectivity index is 1.54. The van der Waals surface area contributed by atoms with Crippen LogP contribution in [-0.2, 0) is 9.59 Å². The molecule has 2 aromatic carbocycles. The number of carbonyl (C=O) groups is 2. The van der Waals surface area contributed by atoms with Crippen molar-refractivity contribution in [3.05, 3.63) is 59.8 Å². The number of amides is 2. The van der Waals surface area contributed by atoms with Gasteiger partial charge in [0.15, 0.2) is 0 Å². The topological polar surface area (TPSA) is 71.6 Å². The average Bonchev–Trinajstić information content (AvgIpc) is 3.10. The van der Waals surface area contributed by atoms with Gasteiger partial charge in [-0.15, -0.1) is 0 Å². The molecule has 0 atom stereocenters. The van der Waals surface area contributed by atoms with Crippen molar-refractivity contribution in [1.82, 2.24) is 14.7 Å². The summed E-state index contributed by atoms with van der Waals surface area (Å²) in [5.74, 6) is 1.52. The van der Waals surface area contributed by atoms with E-state index in [0.29, 0.717) is 41.4 Å². The van der Waals surface area contributed by atoms with Crippen LogP contribution in [0.15, 0.2) is 54.2 Å². The molecule has 2 amide bonds. The lowest BCUT2D eigenvalue weighted by Crippen LogP contribution is -2.46. The number of nitrogens with zero attached hydrogens (tertiary/aromatic N) is 3. The van der Waals surface area contributed by atoms with E-state index in [1.54, 1.807) is 50.6 Å². The molecule has 0 N–H and O–H groups in total. The fourth-order valence-electron chi connectivity index (χ4n) is 4.03. The van der Waals surface area contributed by atoms with E-state index in [9.17, 15) is 9.59 Å². The Morgan fingerprint density at radius 2 is 1.30 bits per heavy atom. The molecule has 0 unspecified atom stereocenters. The molecule has 0 bridgehead atoms. The normalized spacial score (nSPS) is 17.1. The van der Waals surface area contributed by atoms with Gasteiger partial charge in [0.2, 0.25) is 0 Å². The summed E-state index contributed by atoms with van der Waals surface area (Å²) in [7, 11) is 5.26. The number of methoxy groups -OCH3 is 2. The Morgan fingerprint density at radius 3 is 1.88 bits per heavy atom. The van der Waals surface area contributed by atoms with E-state index < -0.39 is 0 Å². The monoisotopic (exact) mass is 451 g/mol. The maximum atomic E-state index is 13.4. The van der Waals surface area contributed by atoms with E-state index in [1.807, 2.05) is 17.0 Å². The summed E-state index contributed by atoms with van der Waals surface area (Å²) in [6.07, 6.45) is 0. The number of imide groups is 1. The minimum absolute atomic E-state index is 0.167. The molecule has 2 heterocycles. The lowest BCUT2D eigenvalue weighted by atomic mass is 10.0. The van der Waals surface area contributed by atoms with Crippen LogP contribution in [0, 0.1) is 0 Å². The van der Waals surface area contributed by atoms with Crippen LogP contribution >= 0.6 is 0 Å². The molecule has 0 radical (unpaired) electrons. The predicted molar refractivity (Wildman–Crippen MR) is 124 cm³/mol. The molecular weight excluding hydrogens is 422 g/mol. The SMILES string of the molecule is COc1ccc(OCCN2C(=O)C(c3ccc(OC)cc3)=C(N3CCN(C)CC3)C2=O)cc1. The number of carbonyl (C=O) groups excluding carboxylic acids is 2. The van der Waals surface area contributed by atoms with E-state index in [4.69, 9.17) is 14.2 Å². The van der Waals surface area contributed by atoms with Crippen molar-refractivity contribution in [1.29, 1.82) is 0 Å². The molecular formula is C25H29N3O5. The van der Waals surface area contributed by atoms with Crippen LogP contribution in [-0.4, -0.2) is 87.1 Å². The summed E-state index contributed by atoms with van der Waals surface area (Å²) in [6.45, 7) is 3.43. The van der Waals surface area contributed by atoms with E-state index in [1.165, 1.54) is 4.90 Å². The Morgan fingerprint density at radius 1 is 0.758 bits per heavy atom. The van der Waals surface area contributed by atoms with Gasteiger partial charge in [-0.2, -0.15) is 0 Å². The second-order valence-electron chi connectivity index (χ2n) is 8.03. The van der Waals surface area contributed by atoms with Gasteiger partial charge >= 0.3 is 0 Å². The first kappa shape index (κ1) is 22.7. The summed E-state index contributed by atoms with van der Waals surface area (Å²) < 4.78 is 16.2. The Kier molecular flexibility index (Phi) is 6.84. The highest BCUT2D eigenvalue weighted by atomic mass is 16.5. The van der Waals surface area contributed by atoms with Crippen LogP contribution in [0.1, 0.15) is 5.56 Å². The zero-order valence-corrected chi connectivity index (χ0v) is 19.2. The van der Waals surface area contributed by atoms with Crippen molar-refractivity contribution in [3.63, 3.8) is 0 Å². The van der Waals surface area contributed by atoms with Crippen LogP contribution in [0.4, 0.5) is 0 Å². The fourth-order valence-corrected chi connectivity index (χ4v) is 4.03. The minimum Gasteiger partial charge on any atom is -0.497 e.